The average Bonchev–Trinajstić information content (AvgIpc) is 3.02. The molecule has 0 radical (unpaired) electrons. The van der Waals surface area contributed by atoms with Gasteiger partial charge < -0.3 is 10.6 Å². The minimum atomic E-state index is 0.616. The largest absolute Gasteiger partial charge is 0.381 e. The van der Waals surface area contributed by atoms with Crippen LogP contribution in [0.3, 0.4) is 0 Å². The van der Waals surface area contributed by atoms with Gasteiger partial charge in [-0.25, -0.2) is 0 Å². The second-order valence-electron chi connectivity index (χ2n) is 5.46. The van der Waals surface area contributed by atoms with Crippen LogP contribution < -0.4 is 10.6 Å². The first-order chi connectivity index (χ1) is 9.43. The summed E-state index contributed by atoms with van der Waals surface area (Å²) in [5.74, 6) is 0.668. The Hall–Kier alpha value is -1.32. The van der Waals surface area contributed by atoms with Crippen LogP contribution in [0.25, 0.3) is 11.1 Å². The molecule has 0 bridgehead atoms. The van der Waals surface area contributed by atoms with Crippen molar-refractivity contribution in [2.24, 2.45) is 0 Å². The summed E-state index contributed by atoms with van der Waals surface area (Å²) in [6.45, 7) is 2.27. The molecular formula is C16H18N2S. The van der Waals surface area contributed by atoms with E-state index in [4.69, 9.17) is 0 Å². The number of anilines is 1. The minimum Gasteiger partial charge on any atom is -0.381 e. The zero-order chi connectivity index (χ0) is 12.7. The van der Waals surface area contributed by atoms with Gasteiger partial charge in [0.1, 0.15) is 0 Å². The number of hydrogen-bond acceptors (Lipinski definition) is 3. The fourth-order valence-electron chi connectivity index (χ4n) is 3.52. The van der Waals surface area contributed by atoms with Crippen LogP contribution in [-0.4, -0.2) is 19.1 Å². The molecule has 2 atom stereocenters. The average molecular weight is 270 g/mol. The monoisotopic (exact) mass is 270 g/mol. The SMILES string of the molecule is c1cc2c(c(-c3ccsc3)c1)C1CCNCCC1N2. The first-order valence-electron chi connectivity index (χ1n) is 7.06. The lowest BCUT2D eigenvalue weighted by atomic mass is 9.86. The second-order valence-corrected chi connectivity index (χ2v) is 6.24. The van der Waals surface area contributed by atoms with E-state index in [1.807, 2.05) is 0 Å². The molecule has 2 aliphatic rings. The molecule has 2 unspecified atom stereocenters. The highest BCUT2D eigenvalue weighted by molar-refractivity contribution is 7.08. The van der Waals surface area contributed by atoms with E-state index in [1.54, 1.807) is 16.9 Å². The van der Waals surface area contributed by atoms with E-state index in [0.717, 1.165) is 13.1 Å². The van der Waals surface area contributed by atoms with Gasteiger partial charge in [0.05, 0.1) is 0 Å². The summed E-state index contributed by atoms with van der Waals surface area (Å²) in [6.07, 6.45) is 2.47. The van der Waals surface area contributed by atoms with Crippen molar-refractivity contribution in [2.45, 2.75) is 24.8 Å². The number of hydrogen-bond donors (Lipinski definition) is 2. The Labute approximate surface area is 117 Å². The summed E-state index contributed by atoms with van der Waals surface area (Å²) in [5, 5.41) is 11.7. The number of benzene rings is 1. The van der Waals surface area contributed by atoms with Crippen LogP contribution in [0.4, 0.5) is 5.69 Å². The Morgan fingerprint density at radius 1 is 1.11 bits per heavy atom. The van der Waals surface area contributed by atoms with Gasteiger partial charge in [-0.3, -0.25) is 0 Å². The van der Waals surface area contributed by atoms with E-state index in [2.05, 4.69) is 45.7 Å². The molecule has 98 valence electrons. The molecule has 0 spiro atoms. The third-order valence-electron chi connectivity index (χ3n) is 4.40. The van der Waals surface area contributed by atoms with Crippen molar-refractivity contribution in [1.29, 1.82) is 0 Å². The maximum absolute atomic E-state index is 3.74. The summed E-state index contributed by atoms with van der Waals surface area (Å²) in [6, 6.07) is 9.56. The molecule has 2 nitrogen and oxygen atoms in total. The molecule has 0 amide bonds. The molecule has 1 aromatic heterocycles. The lowest BCUT2D eigenvalue weighted by Crippen LogP contribution is -2.21. The van der Waals surface area contributed by atoms with E-state index in [1.165, 1.54) is 29.7 Å². The maximum Gasteiger partial charge on any atom is 0.0384 e. The normalized spacial score (nSPS) is 25.3. The molecule has 0 saturated carbocycles. The van der Waals surface area contributed by atoms with Gasteiger partial charge in [0.15, 0.2) is 0 Å². The Bertz CT molecular complexity index is 576. The van der Waals surface area contributed by atoms with Gasteiger partial charge in [-0.15, -0.1) is 0 Å². The first kappa shape index (κ1) is 11.5. The van der Waals surface area contributed by atoms with E-state index >= 15 is 0 Å². The summed E-state index contributed by atoms with van der Waals surface area (Å²) in [5.41, 5.74) is 5.72. The summed E-state index contributed by atoms with van der Waals surface area (Å²) in [4.78, 5) is 0. The second kappa shape index (κ2) is 4.66. The Kier molecular flexibility index (Phi) is 2.82. The number of thiophene rings is 1. The van der Waals surface area contributed by atoms with Gasteiger partial charge in [-0.1, -0.05) is 12.1 Å². The molecule has 2 aliphatic heterocycles. The standard InChI is InChI=1S/C16H18N2S/c1-2-12(11-6-9-19-10-11)16-13-4-7-17-8-5-14(13)18-15(16)3-1/h1-3,6,9-10,13-14,17-18H,4-5,7-8H2. The fraction of sp³-hybridized carbons (Fsp3) is 0.375. The van der Waals surface area contributed by atoms with Crippen molar-refractivity contribution in [1.82, 2.24) is 5.32 Å². The lowest BCUT2D eigenvalue weighted by Gasteiger charge is -2.17. The minimum absolute atomic E-state index is 0.616. The van der Waals surface area contributed by atoms with Gasteiger partial charge in [0.2, 0.25) is 0 Å². The number of fused-ring (bicyclic) bond motifs is 3. The molecule has 2 N–H and O–H groups in total. The fourth-order valence-corrected chi connectivity index (χ4v) is 4.18. The topological polar surface area (TPSA) is 24.1 Å². The van der Waals surface area contributed by atoms with Gasteiger partial charge >= 0.3 is 0 Å². The van der Waals surface area contributed by atoms with Crippen molar-refractivity contribution in [3.63, 3.8) is 0 Å². The van der Waals surface area contributed by atoms with Gasteiger partial charge in [-0.05, 0) is 65.5 Å². The van der Waals surface area contributed by atoms with Crippen LogP contribution in [0.15, 0.2) is 35.0 Å². The van der Waals surface area contributed by atoms with Crippen LogP contribution in [0.5, 0.6) is 0 Å². The van der Waals surface area contributed by atoms with Crippen molar-refractivity contribution >= 4 is 17.0 Å². The molecule has 1 saturated heterocycles. The summed E-state index contributed by atoms with van der Waals surface area (Å²) < 4.78 is 0. The zero-order valence-electron chi connectivity index (χ0n) is 10.9. The third-order valence-corrected chi connectivity index (χ3v) is 5.08. The Balaban J connectivity index is 1.83. The van der Waals surface area contributed by atoms with E-state index in [9.17, 15) is 0 Å². The smallest absolute Gasteiger partial charge is 0.0384 e. The highest BCUT2D eigenvalue weighted by atomic mass is 32.1. The van der Waals surface area contributed by atoms with Gasteiger partial charge in [-0.2, -0.15) is 11.3 Å². The molecule has 0 aliphatic carbocycles. The first-order valence-corrected chi connectivity index (χ1v) is 8.00. The summed E-state index contributed by atoms with van der Waals surface area (Å²) in [7, 11) is 0. The molecule has 3 heteroatoms. The van der Waals surface area contributed by atoms with Crippen molar-refractivity contribution < 1.29 is 0 Å². The highest BCUT2D eigenvalue weighted by Gasteiger charge is 2.34. The lowest BCUT2D eigenvalue weighted by molar-refractivity contribution is 0.579. The number of rotatable bonds is 1. The molecule has 19 heavy (non-hydrogen) atoms. The van der Waals surface area contributed by atoms with Gasteiger partial charge in [0, 0.05) is 17.6 Å². The molecule has 2 aromatic rings. The van der Waals surface area contributed by atoms with Crippen LogP contribution in [0.2, 0.25) is 0 Å². The van der Waals surface area contributed by atoms with Crippen molar-refractivity contribution in [2.75, 3.05) is 18.4 Å². The Morgan fingerprint density at radius 2 is 2.05 bits per heavy atom. The molecule has 3 heterocycles. The molecule has 1 aromatic carbocycles. The summed E-state index contributed by atoms with van der Waals surface area (Å²) >= 11 is 1.78. The molecule has 4 rings (SSSR count). The van der Waals surface area contributed by atoms with Crippen LogP contribution in [0.1, 0.15) is 24.3 Å². The molecular weight excluding hydrogens is 252 g/mol. The highest BCUT2D eigenvalue weighted by Crippen LogP contribution is 2.45. The van der Waals surface area contributed by atoms with Gasteiger partial charge in [0.25, 0.3) is 0 Å². The molecule has 1 fully saturated rings. The zero-order valence-corrected chi connectivity index (χ0v) is 11.7. The van der Waals surface area contributed by atoms with E-state index in [-0.39, 0.29) is 0 Å². The van der Waals surface area contributed by atoms with Crippen molar-refractivity contribution in [3.05, 3.63) is 40.6 Å². The predicted molar refractivity (Wildman–Crippen MR) is 82.0 cm³/mol. The third kappa shape index (κ3) is 1.88. The maximum atomic E-state index is 3.74. The predicted octanol–water partition coefficient (Wildman–Crippen LogP) is 3.68. The number of nitrogens with one attached hydrogen (secondary N) is 2. The quantitative estimate of drug-likeness (QED) is 0.826. The van der Waals surface area contributed by atoms with Crippen LogP contribution in [-0.2, 0) is 0 Å². The van der Waals surface area contributed by atoms with Crippen LogP contribution >= 0.6 is 11.3 Å². The van der Waals surface area contributed by atoms with E-state index < -0.39 is 0 Å². The Morgan fingerprint density at radius 3 is 2.95 bits per heavy atom. The van der Waals surface area contributed by atoms with Crippen molar-refractivity contribution in [3.8, 4) is 11.1 Å². The van der Waals surface area contributed by atoms with E-state index in [0.29, 0.717) is 12.0 Å². The van der Waals surface area contributed by atoms with Crippen LogP contribution in [0, 0.1) is 0 Å².